The van der Waals surface area contributed by atoms with Gasteiger partial charge in [-0.1, -0.05) is 22.0 Å². The highest BCUT2D eigenvalue weighted by Crippen LogP contribution is 2.31. The summed E-state index contributed by atoms with van der Waals surface area (Å²) in [7, 11) is 0. The van der Waals surface area contributed by atoms with Gasteiger partial charge < -0.3 is 5.73 Å². The largest absolute Gasteiger partial charge is 0.398 e. The fourth-order valence-corrected chi connectivity index (χ4v) is 2.82. The van der Waals surface area contributed by atoms with Crippen molar-refractivity contribution in [1.82, 2.24) is 0 Å². The standard InChI is InChI=1S/C13H10BrF2NS/c14-8-4-5-13(12(17)6-8)18-7-9-10(15)2-1-3-11(9)16/h1-6H,7,17H2. The number of hydrogen-bond donors (Lipinski definition) is 1. The first-order chi connectivity index (χ1) is 8.58. The molecule has 94 valence electrons. The quantitative estimate of drug-likeness (QED) is 0.657. The molecular formula is C13H10BrF2NS. The van der Waals surface area contributed by atoms with Gasteiger partial charge in [-0.15, -0.1) is 11.8 Å². The van der Waals surface area contributed by atoms with E-state index in [-0.39, 0.29) is 11.3 Å². The number of nitrogens with two attached hydrogens (primary N) is 1. The van der Waals surface area contributed by atoms with E-state index in [4.69, 9.17) is 5.73 Å². The first-order valence-corrected chi connectivity index (χ1v) is 6.96. The van der Waals surface area contributed by atoms with Crippen LogP contribution in [0.15, 0.2) is 45.8 Å². The van der Waals surface area contributed by atoms with E-state index in [2.05, 4.69) is 15.9 Å². The maximum atomic E-state index is 13.4. The Morgan fingerprint density at radius 3 is 2.39 bits per heavy atom. The van der Waals surface area contributed by atoms with Crippen LogP contribution in [0.25, 0.3) is 0 Å². The van der Waals surface area contributed by atoms with E-state index >= 15 is 0 Å². The molecule has 0 fully saturated rings. The molecule has 2 aromatic rings. The van der Waals surface area contributed by atoms with Gasteiger partial charge in [-0.3, -0.25) is 0 Å². The summed E-state index contributed by atoms with van der Waals surface area (Å²) in [6.07, 6.45) is 0. The molecule has 5 heteroatoms. The van der Waals surface area contributed by atoms with Gasteiger partial charge in [0.15, 0.2) is 0 Å². The van der Waals surface area contributed by atoms with Crippen LogP contribution >= 0.6 is 27.7 Å². The molecule has 0 aliphatic rings. The lowest BCUT2D eigenvalue weighted by atomic mass is 10.2. The molecular weight excluding hydrogens is 320 g/mol. The van der Waals surface area contributed by atoms with Crippen molar-refractivity contribution in [1.29, 1.82) is 0 Å². The molecule has 0 spiro atoms. The van der Waals surface area contributed by atoms with Crippen LogP contribution < -0.4 is 5.73 Å². The fourth-order valence-electron chi connectivity index (χ4n) is 1.47. The number of hydrogen-bond acceptors (Lipinski definition) is 2. The number of halogens is 3. The molecule has 0 atom stereocenters. The molecule has 1 nitrogen and oxygen atoms in total. The number of nitrogen functional groups attached to an aromatic ring is 1. The Bertz CT molecular complexity index is 555. The summed E-state index contributed by atoms with van der Waals surface area (Å²) in [6.45, 7) is 0. The van der Waals surface area contributed by atoms with E-state index in [9.17, 15) is 8.78 Å². The average Bonchev–Trinajstić information content (AvgIpc) is 2.31. The Kier molecular flexibility index (Phi) is 4.24. The minimum absolute atomic E-state index is 0.0739. The molecule has 0 bridgehead atoms. The van der Waals surface area contributed by atoms with E-state index < -0.39 is 11.6 Å². The number of anilines is 1. The van der Waals surface area contributed by atoms with Crippen LogP contribution in [0.5, 0.6) is 0 Å². The lowest BCUT2D eigenvalue weighted by Gasteiger charge is -2.07. The first-order valence-electron chi connectivity index (χ1n) is 5.18. The molecule has 0 unspecified atom stereocenters. The molecule has 2 rings (SSSR count). The lowest BCUT2D eigenvalue weighted by molar-refractivity contribution is 0.566. The SMILES string of the molecule is Nc1cc(Br)ccc1SCc1c(F)cccc1F. The molecule has 0 saturated heterocycles. The number of rotatable bonds is 3. The monoisotopic (exact) mass is 329 g/mol. The van der Waals surface area contributed by atoms with Crippen molar-refractivity contribution in [3.63, 3.8) is 0 Å². The van der Waals surface area contributed by atoms with Crippen molar-refractivity contribution in [2.75, 3.05) is 5.73 Å². The second-order valence-corrected chi connectivity index (χ2v) is 5.60. The Labute approximate surface area is 117 Å². The molecule has 0 aliphatic carbocycles. The van der Waals surface area contributed by atoms with Gasteiger partial charge in [-0.05, 0) is 30.3 Å². The first kappa shape index (κ1) is 13.4. The van der Waals surface area contributed by atoms with Crippen molar-refractivity contribution < 1.29 is 8.78 Å². The van der Waals surface area contributed by atoms with Crippen LogP contribution in [0.1, 0.15) is 5.56 Å². The molecule has 0 heterocycles. The summed E-state index contributed by atoms with van der Waals surface area (Å²) in [6, 6.07) is 9.29. The smallest absolute Gasteiger partial charge is 0.130 e. The van der Waals surface area contributed by atoms with Gasteiger partial charge in [0.25, 0.3) is 0 Å². The van der Waals surface area contributed by atoms with Crippen LogP contribution in [0.4, 0.5) is 14.5 Å². The van der Waals surface area contributed by atoms with Crippen molar-refractivity contribution in [2.45, 2.75) is 10.6 Å². The third-order valence-corrected chi connectivity index (χ3v) is 4.01. The second kappa shape index (κ2) is 5.71. The second-order valence-electron chi connectivity index (χ2n) is 3.67. The lowest BCUT2D eigenvalue weighted by Crippen LogP contribution is -1.94. The Hall–Kier alpha value is -1.07. The maximum Gasteiger partial charge on any atom is 0.130 e. The molecule has 0 aliphatic heterocycles. The van der Waals surface area contributed by atoms with Crippen LogP contribution in [0.3, 0.4) is 0 Å². The van der Waals surface area contributed by atoms with E-state index in [1.165, 1.54) is 30.0 Å². The summed E-state index contributed by atoms with van der Waals surface area (Å²) < 4.78 is 27.7. The molecule has 18 heavy (non-hydrogen) atoms. The number of thioether (sulfide) groups is 1. The summed E-state index contributed by atoms with van der Waals surface area (Å²) in [5.74, 6) is -0.846. The van der Waals surface area contributed by atoms with Crippen LogP contribution in [-0.2, 0) is 5.75 Å². The molecule has 0 saturated carbocycles. The minimum Gasteiger partial charge on any atom is -0.398 e. The van der Waals surface area contributed by atoms with E-state index in [1.54, 1.807) is 6.07 Å². The van der Waals surface area contributed by atoms with Gasteiger partial charge in [-0.2, -0.15) is 0 Å². The van der Waals surface area contributed by atoms with Crippen LogP contribution in [0.2, 0.25) is 0 Å². The minimum atomic E-state index is -0.529. The highest BCUT2D eigenvalue weighted by Gasteiger charge is 2.09. The summed E-state index contributed by atoms with van der Waals surface area (Å²) >= 11 is 4.62. The zero-order chi connectivity index (χ0) is 13.1. The van der Waals surface area contributed by atoms with Gasteiger partial charge in [-0.25, -0.2) is 8.78 Å². The topological polar surface area (TPSA) is 26.0 Å². The fraction of sp³-hybridized carbons (Fsp3) is 0.0769. The van der Waals surface area contributed by atoms with Gasteiger partial charge in [0.2, 0.25) is 0 Å². The predicted octanol–water partition coefficient (Wildman–Crippen LogP) is 4.60. The van der Waals surface area contributed by atoms with Gasteiger partial charge in [0.05, 0.1) is 0 Å². The summed E-state index contributed by atoms with van der Waals surface area (Å²) in [4.78, 5) is 0.806. The van der Waals surface area contributed by atoms with Crippen LogP contribution in [0, 0.1) is 11.6 Å². The van der Waals surface area contributed by atoms with Gasteiger partial charge in [0.1, 0.15) is 11.6 Å². The van der Waals surface area contributed by atoms with Gasteiger partial charge >= 0.3 is 0 Å². The summed E-state index contributed by atoms with van der Waals surface area (Å²) in [5, 5.41) is 0. The molecule has 0 radical (unpaired) electrons. The van der Waals surface area contributed by atoms with Crippen molar-refractivity contribution in [3.05, 3.63) is 58.1 Å². The van der Waals surface area contributed by atoms with E-state index in [1.807, 2.05) is 12.1 Å². The highest BCUT2D eigenvalue weighted by atomic mass is 79.9. The predicted molar refractivity (Wildman–Crippen MR) is 74.5 cm³/mol. The average molecular weight is 330 g/mol. The Morgan fingerprint density at radius 2 is 1.78 bits per heavy atom. The molecule has 2 N–H and O–H groups in total. The van der Waals surface area contributed by atoms with Crippen LogP contribution in [-0.4, -0.2) is 0 Å². The Morgan fingerprint density at radius 1 is 1.11 bits per heavy atom. The van der Waals surface area contributed by atoms with E-state index in [0.717, 1.165) is 9.37 Å². The number of benzene rings is 2. The maximum absolute atomic E-state index is 13.4. The molecule has 0 amide bonds. The van der Waals surface area contributed by atoms with Crippen molar-refractivity contribution >= 4 is 33.4 Å². The zero-order valence-corrected chi connectivity index (χ0v) is 11.7. The normalized spacial score (nSPS) is 10.6. The zero-order valence-electron chi connectivity index (χ0n) is 9.29. The van der Waals surface area contributed by atoms with Crippen molar-refractivity contribution in [2.24, 2.45) is 0 Å². The highest BCUT2D eigenvalue weighted by molar-refractivity contribution is 9.10. The molecule has 0 aromatic heterocycles. The Balaban J connectivity index is 2.16. The van der Waals surface area contributed by atoms with E-state index in [0.29, 0.717) is 5.69 Å². The third-order valence-electron chi connectivity index (χ3n) is 2.41. The third kappa shape index (κ3) is 3.03. The molecule has 2 aromatic carbocycles. The summed E-state index contributed by atoms with van der Waals surface area (Å²) in [5.41, 5.74) is 6.49. The van der Waals surface area contributed by atoms with Crippen molar-refractivity contribution in [3.8, 4) is 0 Å². The van der Waals surface area contributed by atoms with Gasteiger partial charge in [0, 0.05) is 26.4 Å².